The molecule has 674 valence electrons. The van der Waals surface area contributed by atoms with Crippen molar-refractivity contribution in [3.8, 4) is 39.5 Å². The fourth-order valence-electron chi connectivity index (χ4n) is 14.7. The Labute approximate surface area is 766 Å². The first-order chi connectivity index (χ1) is 59.3. The van der Waals surface area contributed by atoms with E-state index in [-0.39, 0.29) is 0 Å². The number of methoxy groups -OCH3 is 2. The molecule has 3 nitrogen and oxygen atoms in total. The molecule has 0 unspecified atom stereocenters. The lowest BCUT2D eigenvalue weighted by atomic mass is 9.90. The van der Waals surface area contributed by atoms with E-state index in [9.17, 15) is 0 Å². The molecule has 0 amide bonds. The Bertz CT molecular complexity index is 4910. The number of hydrogen-bond acceptors (Lipinski definition) is 3. The standard InChI is InChI=1S/C16H26O.C16H26.C15H16O.C14H14.C12H18.C11H16.2C10H14.C9H12O.C9H12/c1-4-5-6-7-8-9-12-17-16-13-14(2)10-11-15(16)3;1-4-5-6-7-8-9-10-16-13-14(2)11-12-15(16)3;1-11-4-5-12(2)15(10-11)13-6-8-14(16-3)9-7-13;1-11-8-9-12(2)14(10-11)13-6-4-3-5-7-13;1-7-8(2)10(4)12(6)11(5)9(7)3;1-8(2)11-7-9(3)5-6-10(11)4;1-7-5-9(3)10(4)6-8(7)2;1-4-10-7-8(2)5-6-9(10)3;1-7-4-5-8(2)9(6-7)10-3;1-7-4-5-8(2)9(3)6-7/h10-11,13H,4-9,12H2,1-3H3;11-13H,4-10H2,1-3H3;4-10H,1-3H3;3-10H,1-2H3;1-6H3;5-8H,1-4H3;5-6H,1-4H3;5-7H,4H2,1-3H3;4-6H,1-3H3;4-6H,1-3H3. The van der Waals surface area contributed by atoms with E-state index in [4.69, 9.17) is 14.2 Å². The normalized spacial score (nSPS) is 10.2. The van der Waals surface area contributed by atoms with Crippen LogP contribution in [0.15, 0.2) is 212 Å². The molecule has 0 saturated carbocycles. The maximum atomic E-state index is 5.82. The zero-order chi connectivity index (χ0) is 93.4. The summed E-state index contributed by atoms with van der Waals surface area (Å²) in [4.78, 5) is 0. The molecule has 0 spiro atoms. The van der Waals surface area contributed by atoms with Crippen molar-refractivity contribution in [2.75, 3.05) is 20.8 Å². The van der Waals surface area contributed by atoms with Gasteiger partial charge in [0.15, 0.2) is 0 Å². The van der Waals surface area contributed by atoms with Gasteiger partial charge in [-0.2, -0.15) is 0 Å². The van der Waals surface area contributed by atoms with Crippen LogP contribution in [0.1, 0.15) is 284 Å². The molecule has 0 bridgehead atoms. The molecule has 0 radical (unpaired) electrons. The summed E-state index contributed by atoms with van der Waals surface area (Å²) in [5.41, 5.74) is 46.6. The van der Waals surface area contributed by atoms with Crippen molar-refractivity contribution in [2.45, 2.75) is 317 Å². The molecule has 125 heavy (non-hydrogen) atoms. The molecule has 12 aromatic rings. The fraction of sp³-hybridized carbons (Fsp3) is 0.410. The maximum Gasteiger partial charge on any atom is 0.122 e. The lowest BCUT2D eigenvalue weighted by molar-refractivity contribution is 0.302. The number of benzene rings is 12. The highest BCUT2D eigenvalue weighted by Gasteiger charge is 2.10. The van der Waals surface area contributed by atoms with Crippen LogP contribution in [-0.4, -0.2) is 20.8 Å². The van der Waals surface area contributed by atoms with Gasteiger partial charge in [-0.15, -0.1) is 0 Å². The van der Waals surface area contributed by atoms with Gasteiger partial charge in [0.05, 0.1) is 20.8 Å². The molecule has 12 rings (SSSR count). The molecular formula is C122H168O3. The molecule has 0 heterocycles. The van der Waals surface area contributed by atoms with E-state index in [0.29, 0.717) is 5.92 Å². The van der Waals surface area contributed by atoms with E-state index in [1.807, 2.05) is 25.1 Å². The molecule has 0 aliphatic rings. The first-order valence-corrected chi connectivity index (χ1v) is 46.8. The fourth-order valence-corrected chi connectivity index (χ4v) is 14.7. The van der Waals surface area contributed by atoms with Gasteiger partial charge in [-0.05, 0) is 399 Å². The monoisotopic (exact) mass is 1680 g/mol. The highest BCUT2D eigenvalue weighted by Crippen LogP contribution is 2.30. The highest BCUT2D eigenvalue weighted by atomic mass is 16.5. The van der Waals surface area contributed by atoms with Gasteiger partial charge in [-0.3, -0.25) is 0 Å². The van der Waals surface area contributed by atoms with Gasteiger partial charge >= 0.3 is 0 Å². The predicted molar refractivity (Wildman–Crippen MR) is 556 cm³/mol. The van der Waals surface area contributed by atoms with E-state index < -0.39 is 0 Å². The maximum absolute atomic E-state index is 5.82. The largest absolute Gasteiger partial charge is 0.497 e. The summed E-state index contributed by atoms with van der Waals surface area (Å²) in [6.45, 7) is 70.2. The molecule has 0 aromatic heterocycles. The van der Waals surface area contributed by atoms with Crippen molar-refractivity contribution in [3.63, 3.8) is 0 Å². The summed E-state index contributed by atoms with van der Waals surface area (Å²) in [5.74, 6) is 3.57. The summed E-state index contributed by atoms with van der Waals surface area (Å²) < 4.78 is 16.1. The summed E-state index contributed by atoms with van der Waals surface area (Å²) in [5, 5.41) is 0. The minimum atomic E-state index is 0.648. The quantitative estimate of drug-likeness (QED) is 0.0671. The van der Waals surface area contributed by atoms with Crippen LogP contribution >= 0.6 is 0 Å². The van der Waals surface area contributed by atoms with Crippen LogP contribution in [0.3, 0.4) is 0 Å². The van der Waals surface area contributed by atoms with Crippen LogP contribution in [0.25, 0.3) is 22.3 Å². The van der Waals surface area contributed by atoms with Crippen LogP contribution in [0, 0.1) is 187 Å². The third kappa shape index (κ3) is 40.9. The van der Waals surface area contributed by atoms with Crippen LogP contribution in [0.4, 0.5) is 0 Å². The Hall–Kier alpha value is -9.96. The van der Waals surface area contributed by atoms with E-state index in [1.165, 1.54) is 267 Å². The van der Waals surface area contributed by atoms with Crippen molar-refractivity contribution in [3.05, 3.63) is 379 Å². The average Bonchev–Trinajstić information content (AvgIpc) is 0.760. The minimum absolute atomic E-state index is 0.648. The summed E-state index contributed by atoms with van der Waals surface area (Å²) in [7, 11) is 3.38. The van der Waals surface area contributed by atoms with E-state index in [0.717, 1.165) is 30.3 Å². The second kappa shape index (κ2) is 59.1. The van der Waals surface area contributed by atoms with Crippen molar-refractivity contribution in [2.24, 2.45) is 0 Å². The van der Waals surface area contributed by atoms with E-state index in [2.05, 4.69) is 409 Å². The Balaban J connectivity index is 0.000000361. The second-order valence-corrected chi connectivity index (χ2v) is 35.7. The molecule has 0 saturated heterocycles. The Morgan fingerprint density at radius 1 is 0.240 bits per heavy atom. The lowest BCUT2D eigenvalue weighted by Gasteiger charge is -2.15. The number of hydrogen-bond donors (Lipinski definition) is 0. The number of rotatable bonds is 21. The van der Waals surface area contributed by atoms with Crippen LogP contribution in [0.5, 0.6) is 17.2 Å². The Morgan fingerprint density at radius 2 is 0.568 bits per heavy atom. The first-order valence-electron chi connectivity index (χ1n) is 46.8. The summed E-state index contributed by atoms with van der Waals surface area (Å²) in [6, 6.07) is 75.4. The van der Waals surface area contributed by atoms with Crippen molar-refractivity contribution in [1.82, 2.24) is 0 Å². The number of unbranched alkanes of at least 4 members (excludes halogenated alkanes) is 10. The topological polar surface area (TPSA) is 27.7 Å². The van der Waals surface area contributed by atoms with Crippen molar-refractivity contribution < 1.29 is 14.2 Å². The zero-order valence-corrected chi connectivity index (χ0v) is 85.1. The van der Waals surface area contributed by atoms with Gasteiger partial charge in [0.1, 0.15) is 17.2 Å². The second-order valence-electron chi connectivity index (χ2n) is 35.7. The SMILES string of the molecule is CCCCCCCCOc1cc(C)ccc1C.CCCCCCCCc1cc(C)ccc1C.CCc1cc(C)ccc1C.COc1cc(C)ccc1C.COc1ccc(-c2cc(C)ccc2C)cc1.Cc1c(C)c(C)c(C)c(C)c1C.Cc1cc(C)c(C)cc1C.Cc1ccc(C)c(-c2ccccc2)c1.Cc1ccc(C)c(C(C)C)c1.Cc1ccc(C)c(C)c1. The molecule has 0 fully saturated rings. The average molecular weight is 1680 g/mol. The van der Waals surface area contributed by atoms with Crippen LogP contribution in [0.2, 0.25) is 0 Å². The van der Waals surface area contributed by atoms with E-state index in [1.54, 1.807) is 19.8 Å². The van der Waals surface area contributed by atoms with E-state index >= 15 is 0 Å². The molecule has 0 aliphatic heterocycles. The van der Waals surface area contributed by atoms with Crippen molar-refractivity contribution in [1.29, 1.82) is 0 Å². The van der Waals surface area contributed by atoms with Gasteiger partial charge in [-0.1, -0.05) is 320 Å². The molecule has 0 N–H and O–H groups in total. The van der Waals surface area contributed by atoms with Gasteiger partial charge < -0.3 is 14.2 Å². The number of ether oxygens (including phenoxy) is 3. The Morgan fingerprint density at radius 3 is 0.952 bits per heavy atom. The molecule has 3 heteroatoms. The molecule has 12 aromatic carbocycles. The molecular weight excluding hydrogens is 1510 g/mol. The predicted octanol–water partition coefficient (Wildman–Crippen LogP) is 35.9. The third-order valence-corrected chi connectivity index (χ3v) is 24.3. The van der Waals surface area contributed by atoms with Crippen LogP contribution in [-0.2, 0) is 12.8 Å². The lowest BCUT2D eigenvalue weighted by Crippen LogP contribution is -1.99. The van der Waals surface area contributed by atoms with Gasteiger partial charge in [0, 0.05) is 0 Å². The van der Waals surface area contributed by atoms with Crippen LogP contribution < -0.4 is 14.2 Å². The minimum Gasteiger partial charge on any atom is -0.497 e. The highest BCUT2D eigenvalue weighted by molar-refractivity contribution is 5.69. The smallest absolute Gasteiger partial charge is 0.122 e. The molecule has 0 aliphatic carbocycles. The number of aryl methyl sites for hydroxylation is 23. The molecule has 0 atom stereocenters. The summed E-state index contributed by atoms with van der Waals surface area (Å²) >= 11 is 0. The Kier molecular flexibility index (Phi) is 51.6. The van der Waals surface area contributed by atoms with Crippen molar-refractivity contribution >= 4 is 0 Å². The first kappa shape index (κ1) is 109. The van der Waals surface area contributed by atoms with Gasteiger partial charge in [0.25, 0.3) is 0 Å². The zero-order valence-electron chi connectivity index (χ0n) is 85.1. The third-order valence-electron chi connectivity index (χ3n) is 24.3. The van der Waals surface area contributed by atoms with Gasteiger partial charge in [-0.25, -0.2) is 0 Å². The summed E-state index contributed by atoms with van der Waals surface area (Å²) in [6.07, 6.45) is 18.6. The van der Waals surface area contributed by atoms with Gasteiger partial charge in [0.2, 0.25) is 0 Å².